The molecule has 4 heteroatoms. The number of hydrogen-bond donors (Lipinski definition) is 1. The molecule has 0 unspecified atom stereocenters. The van der Waals surface area contributed by atoms with Crippen LogP contribution in [-0.4, -0.2) is 19.5 Å². The van der Waals surface area contributed by atoms with E-state index in [1.54, 1.807) is 0 Å². The maximum Gasteiger partial charge on any atom is 0.0701 e. The molecule has 40 heavy (non-hydrogen) atoms. The first-order valence-corrected chi connectivity index (χ1v) is 13.4. The third-order valence-electron chi connectivity index (χ3n) is 7.69. The van der Waals surface area contributed by atoms with Crippen LogP contribution in [0.25, 0.3) is 72.0 Å². The number of benzene rings is 4. The van der Waals surface area contributed by atoms with Crippen LogP contribution in [0.2, 0.25) is 0 Å². The zero-order valence-electron chi connectivity index (χ0n) is 21.6. The van der Waals surface area contributed by atoms with Crippen molar-refractivity contribution in [3.8, 4) is 39.3 Å². The van der Waals surface area contributed by atoms with Crippen molar-refractivity contribution in [2.45, 2.75) is 0 Å². The average Bonchev–Trinajstić information content (AvgIpc) is 3.58. The fraction of sp³-hybridized carbons (Fsp3) is 0. The Balaban J connectivity index is 1.54. The fourth-order valence-corrected chi connectivity index (χ4v) is 5.95. The first-order valence-electron chi connectivity index (χ1n) is 13.4. The van der Waals surface area contributed by atoms with Gasteiger partial charge in [0.05, 0.1) is 28.6 Å². The van der Waals surface area contributed by atoms with Crippen molar-refractivity contribution in [1.82, 2.24) is 19.5 Å². The Labute approximate surface area is 231 Å². The minimum absolute atomic E-state index is 0.964. The van der Waals surface area contributed by atoms with Crippen molar-refractivity contribution in [2.24, 2.45) is 0 Å². The summed E-state index contributed by atoms with van der Waals surface area (Å²) in [4.78, 5) is 12.5. The van der Waals surface area contributed by atoms with Crippen molar-refractivity contribution in [3.05, 3.63) is 140 Å². The van der Waals surface area contributed by atoms with E-state index in [0.29, 0.717) is 0 Å². The molecule has 4 nitrogen and oxygen atoms in total. The smallest absolute Gasteiger partial charge is 0.0701 e. The molecular weight excluding hydrogens is 488 g/mol. The zero-order valence-corrected chi connectivity index (χ0v) is 21.6. The molecule has 4 aromatic carbocycles. The maximum absolute atomic E-state index is 4.56. The number of H-pyrrole nitrogens is 1. The van der Waals surface area contributed by atoms with E-state index in [1.165, 1.54) is 44.1 Å². The molecule has 0 atom stereocenters. The Bertz CT molecular complexity index is 2120. The third kappa shape index (κ3) is 3.47. The molecule has 0 aliphatic carbocycles. The summed E-state index contributed by atoms with van der Waals surface area (Å²) >= 11 is 0. The van der Waals surface area contributed by atoms with Crippen LogP contribution in [0.1, 0.15) is 0 Å². The number of nitrogens with zero attached hydrogens (tertiary/aromatic N) is 3. The first-order chi connectivity index (χ1) is 19.9. The summed E-state index contributed by atoms with van der Waals surface area (Å²) in [7, 11) is 0. The summed E-state index contributed by atoms with van der Waals surface area (Å²) in [5.74, 6) is 0. The van der Waals surface area contributed by atoms with Gasteiger partial charge in [0.2, 0.25) is 0 Å². The quantitative estimate of drug-likeness (QED) is 0.256. The van der Waals surface area contributed by atoms with Gasteiger partial charge in [0.25, 0.3) is 0 Å². The fourth-order valence-electron chi connectivity index (χ4n) is 5.95. The number of hydrogen-bond acceptors (Lipinski definition) is 2. The predicted molar refractivity (Wildman–Crippen MR) is 165 cm³/mol. The van der Waals surface area contributed by atoms with Gasteiger partial charge in [-0.15, -0.1) is 0 Å². The van der Waals surface area contributed by atoms with E-state index in [0.717, 1.165) is 28.0 Å². The normalized spacial score (nSPS) is 11.5. The lowest BCUT2D eigenvalue weighted by Crippen LogP contribution is -1.98. The monoisotopic (exact) mass is 512 g/mol. The molecule has 0 saturated carbocycles. The van der Waals surface area contributed by atoms with E-state index in [1.807, 2.05) is 36.8 Å². The first kappa shape index (κ1) is 22.5. The molecule has 0 aliphatic heterocycles. The number of aromatic nitrogens is 4. The lowest BCUT2D eigenvalue weighted by Gasteiger charge is -2.14. The third-order valence-corrected chi connectivity index (χ3v) is 7.69. The van der Waals surface area contributed by atoms with Gasteiger partial charge in [-0.2, -0.15) is 0 Å². The van der Waals surface area contributed by atoms with Crippen LogP contribution in [0, 0.1) is 0 Å². The molecule has 0 spiro atoms. The molecule has 0 aliphatic rings. The highest BCUT2D eigenvalue weighted by molar-refractivity contribution is 6.23. The van der Waals surface area contributed by atoms with Crippen LogP contribution in [0.5, 0.6) is 0 Å². The molecule has 188 valence electrons. The molecule has 0 radical (unpaired) electrons. The molecule has 0 bridgehead atoms. The second kappa shape index (κ2) is 9.07. The number of pyridine rings is 2. The Morgan fingerprint density at radius 1 is 0.550 bits per heavy atom. The summed E-state index contributed by atoms with van der Waals surface area (Å²) in [5, 5.41) is 3.57. The van der Waals surface area contributed by atoms with Crippen LogP contribution in [0.3, 0.4) is 0 Å². The SMILES string of the molecule is c1ccc(-c2c(-c3ccccc3)n(-c3ccc(-c4ccccn4)cc3)c3c2ccc2[nH]c4cnccc4c23)cc1. The predicted octanol–water partition coefficient (Wildman–Crippen LogP) is 9.06. The number of fused-ring (bicyclic) bond motifs is 5. The highest BCUT2D eigenvalue weighted by Gasteiger charge is 2.24. The van der Waals surface area contributed by atoms with E-state index >= 15 is 0 Å². The van der Waals surface area contributed by atoms with E-state index < -0.39 is 0 Å². The highest BCUT2D eigenvalue weighted by atomic mass is 15.0. The minimum Gasteiger partial charge on any atom is -0.353 e. The molecular formula is C36H24N4. The van der Waals surface area contributed by atoms with Gasteiger partial charge < -0.3 is 9.55 Å². The Kier molecular flexibility index (Phi) is 5.10. The van der Waals surface area contributed by atoms with Crippen molar-refractivity contribution in [2.75, 3.05) is 0 Å². The van der Waals surface area contributed by atoms with Crippen molar-refractivity contribution in [1.29, 1.82) is 0 Å². The number of aromatic amines is 1. The van der Waals surface area contributed by atoms with Gasteiger partial charge >= 0.3 is 0 Å². The van der Waals surface area contributed by atoms with Gasteiger partial charge in [-0.25, -0.2) is 0 Å². The summed E-state index contributed by atoms with van der Waals surface area (Å²) in [5.41, 5.74) is 11.2. The Morgan fingerprint density at radius 3 is 2.05 bits per heavy atom. The Hall–Kier alpha value is -5.48. The minimum atomic E-state index is 0.964. The van der Waals surface area contributed by atoms with Crippen LogP contribution in [0.4, 0.5) is 0 Å². The molecule has 0 fully saturated rings. The molecule has 8 rings (SSSR count). The molecule has 0 amide bonds. The molecule has 8 aromatic rings. The second-order valence-corrected chi connectivity index (χ2v) is 9.98. The molecule has 4 aromatic heterocycles. The van der Waals surface area contributed by atoms with Crippen LogP contribution < -0.4 is 0 Å². The lowest BCUT2D eigenvalue weighted by molar-refractivity contribution is 1.14. The standard InChI is InChI=1S/C36H24N4/c1-3-9-25(10-4-1)33-29-18-19-31-34(28-20-22-37-23-32(28)39-31)36(29)40(35(33)26-11-5-2-6-12-26)27-16-14-24(15-17-27)30-13-7-8-21-38-30/h1-23,39H. The lowest BCUT2D eigenvalue weighted by atomic mass is 9.97. The largest absolute Gasteiger partial charge is 0.353 e. The number of rotatable bonds is 4. The number of nitrogens with one attached hydrogen (secondary N) is 1. The summed E-state index contributed by atoms with van der Waals surface area (Å²) in [6, 6.07) is 42.8. The van der Waals surface area contributed by atoms with Crippen LogP contribution in [-0.2, 0) is 0 Å². The van der Waals surface area contributed by atoms with Crippen molar-refractivity contribution < 1.29 is 0 Å². The van der Waals surface area contributed by atoms with Gasteiger partial charge in [0.15, 0.2) is 0 Å². The molecule has 4 heterocycles. The zero-order chi connectivity index (χ0) is 26.5. The van der Waals surface area contributed by atoms with Gasteiger partial charge in [-0.05, 0) is 47.5 Å². The van der Waals surface area contributed by atoms with E-state index in [-0.39, 0.29) is 0 Å². The second-order valence-electron chi connectivity index (χ2n) is 9.98. The van der Waals surface area contributed by atoms with Crippen molar-refractivity contribution in [3.63, 3.8) is 0 Å². The highest BCUT2D eigenvalue weighted by Crippen LogP contribution is 2.46. The molecule has 0 saturated heterocycles. The van der Waals surface area contributed by atoms with Gasteiger partial charge in [0, 0.05) is 50.9 Å². The summed E-state index contributed by atoms with van der Waals surface area (Å²) in [6.45, 7) is 0. The summed E-state index contributed by atoms with van der Waals surface area (Å²) < 4.78 is 2.44. The van der Waals surface area contributed by atoms with E-state index in [4.69, 9.17) is 0 Å². The van der Waals surface area contributed by atoms with Crippen molar-refractivity contribution >= 4 is 32.7 Å². The van der Waals surface area contributed by atoms with Gasteiger partial charge in [0.1, 0.15) is 0 Å². The van der Waals surface area contributed by atoms with Crippen LogP contribution in [0.15, 0.2) is 140 Å². The maximum atomic E-state index is 4.56. The van der Waals surface area contributed by atoms with Gasteiger partial charge in [-0.3, -0.25) is 9.97 Å². The van der Waals surface area contributed by atoms with Gasteiger partial charge in [-0.1, -0.05) is 84.9 Å². The van der Waals surface area contributed by atoms with E-state index in [9.17, 15) is 0 Å². The Morgan fingerprint density at radius 2 is 1.30 bits per heavy atom. The summed E-state index contributed by atoms with van der Waals surface area (Å²) in [6.07, 6.45) is 5.62. The topological polar surface area (TPSA) is 46.5 Å². The molecule has 1 N–H and O–H groups in total. The average molecular weight is 513 g/mol. The van der Waals surface area contributed by atoms with Crippen LogP contribution >= 0.6 is 0 Å². The van der Waals surface area contributed by atoms with E-state index in [2.05, 4.69) is 123 Å².